The molecule has 1 aliphatic rings. The number of carbonyl (C=O) groups excluding carboxylic acids is 2. The van der Waals surface area contributed by atoms with Crippen LogP contribution in [0.5, 0.6) is 0 Å². The number of nitro benzene ring substituents is 1. The van der Waals surface area contributed by atoms with Crippen LogP contribution in [0.25, 0.3) is 0 Å². The van der Waals surface area contributed by atoms with Gasteiger partial charge in [0, 0.05) is 18.2 Å². The lowest BCUT2D eigenvalue weighted by molar-refractivity contribution is -0.383. The molecule has 1 heterocycles. The number of carbonyl (C=O) groups is 3. The average molecular weight is 339 g/mol. The molecule has 2 amide bonds. The van der Waals surface area contributed by atoms with Crippen LogP contribution in [-0.4, -0.2) is 44.9 Å². The van der Waals surface area contributed by atoms with Crippen molar-refractivity contribution in [2.75, 3.05) is 11.1 Å². The highest BCUT2D eigenvalue weighted by Gasteiger charge is 2.33. The van der Waals surface area contributed by atoms with Gasteiger partial charge in [-0.1, -0.05) is 12.1 Å². The molecular formula is C13H13N3O6S. The van der Waals surface area contributed by atoms with Crippen molar-refractivity contribution >= 4 is 40.9 Å². The molecule has 9 nitrogen and oxygen atoms in total. The lowest BCUT2D eigenvalue weighted by Crippen LogP contribution is -2.51. The molecule has 2 atom stereocenters. The van der Waals surface area contributed by atoms with E-state index in [-0.39, 0.29) is 23.5 Å². The van der Waals surface area contributed by atoms with E-state index >= 15 is 0 Å². The molecule has 3 N–H and O–H groups in total. The van der Waals surface area contributed by atoms with Gasteiger partial charge in [-0.05, 0) is 6.07 Å². The SMILES string of the molecule is O=C(C[C@H]1SC[C@H](C(=O)O)NC1=O)Nc1ccccc1[N+](=O)[O-]. The van der Waals surface area contributed by atoms with E-state index in [1.54, 1.807) is 6.07 Å². The highest BCUT2D eigenvalue weighted by atomic mass is 32.2. The highest BCUT2D eigenvalue weighted by molar-refractivity contribution is 8.00. The van der Waals surface area contributed by atoms with Gasteiger partial charge >= 0.3 is 5.97 Å². The number of amides is 2. The van der Waals surface area contributed by atoms with E-state index in [0.29, 0.717) is 0 Å². The summed E-state index contributed by atoms with van der Waals surface area (Å²) >= 11 is 1.07. The number of anilines is 1. The molecule has 0 bridgehead atoms. The lowest BCUT2D eigenvalue weighted by Gasteiger charge is -2.25. The average Bonchev–Trinajstić information content (AvgIpc) is 2.49. The van der Waals surface area contributed by atoms with Crippen LogP contribution in [0.2, 0.25) is 0 Å². The summed E-state index contributed by atoms with van der Waals surface area (Å²) in [7, 11) is 0. The molecule has 0 radical (unpaired) electrons. The minimum Gasteiger partial charge on any atom is -0.480 e. The van der Waals surface area contributed by atoms with E-state index in [0.717, 1.165) is 11.8 Å². The number of nitrogens with zero attached hydrogens (tertiary/aromatic N) is 1. The van der Waals surface area contributed by atoms with Crippen molar-refractivity contribution in [3.63, 3.8) is 0 Å². The summed E-state index contributed by atoms with van der Waals surface area (Å²) in [4.78, 5) is 44.8. The third kappa shape index (κ3) is 4.19. The van der Waals surface area contributed by atoms with E-state index in [4.69, 9.17) is 5.11 Å². The van der Waals surface area contributed by atoms with Crippen LogP contribution in [0.3, 0.4) is 0 Å². The molecule has 1 aromatic rings. The Morgan fingerprint density at radius 2 is 2.13 bits per heavy atom. The molecule has 0 spiro atoms. The molecule has 1 fully saturated rings. The molecule has 10 heteroatoms. The van der Waals surface area contributed by atoms with Crippen molar-refractivity contribution in [1.82, 2.24) is 5.32 Å². The number of nitro groups is 1. The first-order valence-electron chi connectivity index (χ1n) is 6.56. The lowest BCUT2D eigenvalue weighted by atomic mass is 10.2. The van der Waals surface area contributed by atoms with Gasteiger partial charge in [0.15, 0.2) is 0 Å². The van der Waals surface area contributed by atoms with Crippen LogP contribution in [0.1, 0.15) is 6.42 Å². The molecular weight excluding hydrogens is 326 g/mol. The van der Waals surface area contributed by atoms with Gasteiger partial charge < -0.3 is 15.7 Å². The molecule has 0 aromatic heterocycles. The number of carboxylic acids is 1. The first-order chi connectivity index (χ1) is 10.9. The Kier molecular flexibility index (Phi) is 5.16. The number of para-hydroxylation sites is 2. The van der Waals surface area contributed by atoms with Crippen molar-refractivity contribution in [1.29, 1.82) is 0 Å². The van der Waals surface area contributed by atoms with Gasteiger partial charge in [0.1, 0.15) is 11.7 Å². The Balaban J connectivity index is 1.97. The Bertz CT molecular complexity index is 665. The second-order valence-electron chi connectivity index (χ2n) is 4.75. The number of thioether (sulfide) groups is 1. The molecule has 122 valence electrons. The van der Waals surface area contributed by atoms with Crippen molar-refractivity contribution in [2.45, 2.75) is 17.7 Å². The fraction of sp³-hybridized carbons (Fsp3) is 0.308. The molecule has 1 aliphatic heterocycles. The number of carboxylic acid groups (broad SMARTS) is 1. The van der Waals surface area contributed by atoms with Crippen LogP contribution >= 0.6 is 11.8 Å². The molecule has 2 rings (SSSR count). The quantitative estimate of drug-likeness (QED) is 0.527. The minimum absolute atomic E-state index is 0.0483. The topological polar surface area (TPSA) is 139 Å². The number of rotatable bonds is 5. The van der Waals surface area contributed by atoms with Gasteiger partial charge in [0.25, 0.3) is 5.69 Å². The first-order valence-corrected chi connectivity index (χ1v) is 7.61. The molecule has 23 heavy (non-hydrogen) atoms. The molecule has 0 saturated carbocycles. The van der Waals surface area contributed by atoms with Crippen molar-refractivity contribution < 1.29 is 24.4 Å². The molecule has 1 saturated heterocycles. The van der Waals surface area contributed by atoms with Crippen molar-refractivity contribution in [3.8, 4) is 0 Å². The third-order valence-electron chi connectivity index (χ3n) is 3.12. The number of aliphatic carboxylic acids is 1. The van der Waals surface area contributed by atoms with Gasteiger partial charge in [0.05, 0.1) is 10.2 Å². The summed E-state index contributed by atoms with van der Waals surface area (Å²) in [5.74, 6) is -2.06. The zero-order valence-electron chi connectivity index (χ0n) is 11.7. The third-order valence-corrected chi connectivity index (χ3v) is 4.43. The maximum Gasteiger partial charge on any atom is 0.327 e. The fourth-order valence-electron chi connectivity index (χ4n) is 1.99. The Morgan fingerprint density at radius 1 is 1.43 bits per heavy atom. The monoisotopic (exact) mass is 339 g/mol. The highest BCUT2D eigenvalue weighted by Crippen LogP contribution is 2.25. The van der Waals surface area contributed by atoms with Crippen LogP contribution in [0.15, 0.2) is 24.3 Å². The maximum absolute atomic E-state index is 12.0. The largest absolute Gasteiger partial charge is 0.480 e. The maximum atomic E-state index is 12.0. The van der Waals surface area contributed by atoms with Crippen molar-refractivity contribution in [3.05, 3.63) is 34.4 Å². The molecule has 0 aliphatic carbocycles. The van der Waals surface area contributed by atoms with E-state index in [1.165, 1.54) is 18.2 Å². The van der Waals surface area contributed by atoms with Crippen LogP contribution in [0, 0.1) is 10.1 Å². The fourth-order valence-corrected chi connectivity index (χ4v) is 3.13. The zero-order chi connectivity index (χ0) is 17.0. The summed E-state index contributed by atoms with van der Waals surface area (Å²) in [6.07, 6.45) is -0.200. The Labute approximate surface area is 134 Å². The second-order valence-corrected chi connectivity index (χ2v) is 5.98. The van der Waals surface area contributed by atoms with Crippen LogP contribution < -0.4 is 10.6 Å². The molecule has 1 aromatic carbocycles. The van der Waals surface area contributed by atoms with Crippen molar-refractivity contribution in [2.24, 2.45) is 0 Å². The van der Waals surface area contributed by atoms with Crippen LogP contribution in [0.4, 0.5) is 11.4 Å². The van der Waals surface area contributed by atoms with E-state index < -0.39 is 34.0 Å². The predicted octanol–water partition coefficient (Wildman–Crippen LogP) is 0.608. The summed E-state index contributed by atoms with van der Waals surface area (Å²) in [5.41, 5.74) is -0.195. The first kappa shape index (κ1) is 16.7. The summed E-state index contributed by atoms with van der Waals surface area (Å²) in [6, 6.07) is 4.70. The predicted molar refractivity (Wildman–Crippen MR) is 82.2 cm³/mol. The Hall–Kier alpha value is -2.62. The van der Waals surface area contributed by atoms with E-state index in [9.17, 15) is 24.5 Å². The summed E-state index contributed by atoms with van der Waals surface area (Å²) in [6.45, 7) is 0. The smallest absolute Gasteiger partial charge is 0.327 e. The summed E-state index contributed by atoms with van der Waals surface area (Å²) < 4.78 is 0. The second kappa shape index (κ2) is 7.09. The summed E-state index contributed by atoms with van der Waals surface area (Å²) in [5, 5.41) is 23.7. The van der Waals surface area contributed by atoms with E-state index in [1.807, 2.05) is 0 Å². The number of hydrogen-bond donors (Lipinski definition) is 3. The van der Waals surface area contributed by atoms with Gasteiger partial charge in [0.2, 0.25) is 11.8 Å². The standard InChI is InChI=1S/C13H13N3O6S/c17-11(14-7-3-1-2-4-9(7)16(21)22)5-10-12(18)15-8(6-23-10)13(19)20/h1-4,8,10H,5-6H2,(H,14,17)(H,15,18)(H,19,20)/t8-,10-/m1/s1. The number of benzene rings is 1. The van der Waals surface area contributed by atoms with E-state index in [2.05, 4.69) is 10.6 Å². The molecule has 0 unspecified atom stereocenters. The normalized spacial score (nSPS) is 20.4. The Morgan fingerprint density at radius 3 is 2.74 bits per heavy atom. The van der Waals surface area contributed by atoms with Gasteiger partial charge in [-0.3, -0.25) is 19.7 Å². The minimum atomic E-state index is -1.13. The number of hydrogen-bond acceptors (Lipinski definition) is 6. The van der Waals surface area contributed by atoms with Gasteiger partial charge in [-0.15, -0.1) is 11.8 Å². The van der Waals surface area contributed by atoms with Gasteiger partial charge in [-0.25, -0.2) is 4.79 Å². The number of nitrogens with one attached hydrogen (secondary N) is 2. The zero-order valence-corrected chi connectivity index (χ0v) is 12.5. The van der Waals surface area contributed by atoms with Gasteiger partial charge in [-0.2, -0.15) is 0 Å². The van der Waals surface area contributed by atoms with Crippen LogP contribution in [-0.2, 0) is 14.4 Å².